The summed E-state index contributed by atoms with van der Waals surface area (Å²) in [7, 11) is -0.885. The van der Waals surface area contributed by atoms with E-state index >= 15 is 0 Å². The molecule has 0 N–H and O–H groups in total. The van der Waals surface area contributed by atoms with Crippen molar-refractivity contribution in [3.05, 3.63) is 65.2 Å². The molecule has 38 heavy (non-hydrogen) atoms. The van der Waals surface area contributed by atoms with E-state index in [2.05, 4.69) is 48.0 Å². The molecule has 0 radical (unpaired) electrons. The fraction of sp³-hybridized carbons (Fsp3) is 0.613. The van der Waals surface area contributed by atoms with Gasteiger partial charge in [0.25, 0.3) is 0 Å². The minimum absolute atomic E-state index is 0.0356. The molecular weight excluding hydrogens is 494 g/mol. The smallest absolute Gasteiger partial charge is 0.211 e. The second-order valence-corrected chi connectivity index (χ2v) is 11.0. The Balaban J connectivity index is 0.000000605. The van der Waals surface area contributed by atoms with E-state index in [0.717, 1.165) is 24.3 Å². The summed E-state index contributed by atoms with van der Waals surface area (Å²) in [5.41, 5.74) is 3.92. The van der Waals surface area contributed by atoms with Crippen LogP contribution >= 0.6 is 0 Å². The van der Waals surface area contributed by atoms with Crippen LogP contribution in [0, 0.1) is 13.8 Å². The quantitative estimate of drug-likeness (QED) is 0.443. The molecule has 0 amide bonds. The van der Waals surface area contributed by atoms with Crippen LogP contribution in [0.3, 0.4) is 0 Å². The maximum Gasteiger partial charge on any atom is 0.211 e. The molecule has 0 bridgehead atoms. The highest BCUT2D eigenvalue weighted by molar-refractivity contribution is 7.88. The van der Waals surface area contributed by atoms with Crippen LogP contribution in [-0.2, 0) is 16.6 Å². The van der Waals surface area contributed by atoms with E-state index < -0.39 is 10.0 Å². The Hall–Kier alpha value is -1.93. The van der Waals surface area contributed by atoms with Gasteiger partial charge in [-0.25, -0.2) is 8.42 Å². The summed E-state index contributed by atoms with van der Waals surface area (Å²) in [6.07, 6.45) is 1.95. The van der Waals surface area contributed by atoms with Gasteiger partial charge in [0, 0.05) is 39.3 Å². The van der Waals surface area contributed by atoms with Crippen LogP contribution in [0.2, 0.25) is 0 Å². The third kappa shape index (κ3) is 14.3. The van der Waals surface area contributed by atoms with E-state index in [1.165, 1.54) is 47.9 Å². The van der Waals surface area contributed by atoms with Crippen molar-refractivity contribution in [3.63, 3.8) is 0 Å². The summed E-state index contributed by atoms with van der Waals surface area (Å²) in [5, 5.41) is 0. The fourth-order valence-corrected chi connectivity index (χ4v) is 4.81. The van der Waals surface area contributed by atoms with E-state index in [0.29, 0.717) is 13.1 Å². The Morgan fingerprint density at radius 2 is 1.39 bits per heavy atom. The Labute approximate surface area is 235 Å². The predicted molar refractivity (Wildman–Crippen MR) is 165 cm³/mol. The minimum Gasteiger partial charge on any atom is -0.489 e. The summed E-state index contributed by atoms with van der Waals surface area (Å²) in [4.78, 5) is 4.93. The number of aryl methyl sites for hydroxylation is 2. The molecule has 1 atom stereocenters. The minimum atomic E-state index is -3.08. The molecular formula is C31H55N3O3S. The third-order valence-electron chi connectivity index (χ3n) is 5.99. The number of nitrogens with zero attached hydrogens (tertiary/aromatic N) is 3. The fourth-order valence-electron chi connectivity index (χ4n) is 3.93. The van der Waals surface area contributed by atoms with Gasteiger partial charge < -0.3 is 9.64 Å². The topological polar surface area (TPSA) is 53.1 Å². The first-order valence-electron chi connectivity index (χ1n) is 14.3. The zero-order valence-electron chi connectivity index (χ0n) is 25.8. The first-order chi connectivity index (χ1) is 18.2. The number of hydrogen-bond donors (Lipinski definition) is 0. The molecule has 2 fully saturated rings. The highest BCUT2D eigenvalue weighted by Gasteiger charge is 2.29. The van der Waals surface area contributed by atoms with E-state index in [4.69, 9.17) is 4.74 Å². The molecule has 7 heteroatoms. The lowest BCUT2D eigenvalue weighted by molar-refractivity contribution is 0.148. The average molecular weight is 550 g/mol. The number of likely N-dealkylation sites (N-methyl/N-ethyl adjacent to an activating group) is 1. The number of sulfonamides is 1. The van der Waals surface area contributed by atoms with Gasteiger partial charge in [0.15, 0.2) is 0 Å². The molecule has 2 aromatic carbocycles. The zero-order chi connectivity index (χ0) is 29.1. The molecule has 0 aromatic heterocycles. The van der Waals surface area contributed by atoms with Gasteiger partial charge in [0.2, 0.25) is 10.0 Å². The van der Waals surface area contributed by atoms with Crippen molar-refractivity contribution < 1.29 is 13.2 Å². The molecule has 218 valence electrons. The van der Waals surface area contributed by atoms with E-state index in [-0.39, 0.29) is 6.10 Å². The molecule has 2 aliphatic heterocycles. The second kappa shape index (κ2) is 20.0. The number of benzene rings is 2. The molecule has 0 aliphatic carbocycles. The molecule has 0 spiro atoms. The Kier molecular flexibility index (Phi) is 19.0. The number of hydrogen-bond acceptors (Lipinski definition) is 5. The summed E-state index contributed by atoms with van der Waals surface area (Å²) in [6.45, 7) is 23.0. The largest absolute Gasteiger partial charge is 0.489 e. The lowest BCUT2D eigenvalue weighted by Gasteiger charge is -2.32. The van der Waals surface area contributed by atoms with Crippen LogP contribution in [0.4, 0.5) is 0 Å². The summed E-state index contributed by atoms with van der Waals surface area (Å²) >= 11 is 0. The first-order valence-corrected chi connectivity index (χ1v) is 16.2. The highest BCUT2D eigenvalue weighted by Crippen LogP contribution is 2.20. The summed E-state index contributed by atoms with van der Waals surface area (Å²) < 4.78 is 30.0. The average Bonchev–Trinajstić information content (AvgIpc) is 3.40. The maximum atomic E-state index is 11.4. The van der Waals surface area contributed by atoms with E-state index in [1.807, 2.05) is 72.7 Å². The van der Waals surface area contributed by atoms with Crippen molar-refractivity contribution in [1.29, 1.82) is 0 Å². The van der Waals surface area contributed by atoms with Crippen molar-refractivity contribution in [2.24, 2.45) is 0 Å². The monoisotopic (exact) mass is 549 g/mol. The van der Waals surface area contributed by atoms with Crippen LogP contribution in [0.1, 0.15) is 64.7 Å². The van der Waals surface area contributed by atoms with Gasteiger partial charge in [0.05, 0.1) is 12.8 Å². The predicted octanol–water partition coefficient (Wildman–Crippen LogP) is 6.23. The second-order valence-electron chi connectivity index (χ2n) is 9.03. The van der Waals surface area contributed by atoms with Gasteiger partial charge >= 0.3 is 0 Å². The van der Waals surface area contributed by atoms with Crippen molar-refractivity contribution in [2.75, 3.05) is 52.6 Å². The van der Waals surface area contributed by atoms with Gasteiger partial charge in [-0.05, 0) is 50.6 Å². The van der Waals surface area contributed by atoms with Crippen LogP contribution in [0.5, 0.6) is 5.75 Å². The molecule has 0 saturated carbocycles. The van der Waals surface area contributed by atoms with Gasteiger partial charge in [-0.15, -0.1) is 0 Å². The molecule has 1 unspecified atom stereocenters. The Morgan fingerprint density at radius 1 is 0.816 bits per heavy atom. The maximum absolute atomic E-state index is 11.4. The normalized spacial score (nSPS) is 17.8. The third-order valence-corrected chi connectivity index (χ3v) is 7.26. The van der Waals surface area contributed by atoms with E-state index in [9.17, 15) is 8.42 Å². The van der Waals surface area contributed by atoms with Crippen molar-refractivity contribution in [2.45, 2.75) is 74.5 Å². The zero-order valence-corrected chi connectivity index (χ0v) is 26.6. The van der Waals surface area contributed by atoms with Gasteiger partial charge in [-0.3, -0.25) is 4.90 Å². The Bertz CT molecular complexity index is 957. The van der Waals surface area contributed by atoms with Crippen LogP contribution in [0.25, 0.3) is 0 Å². The number of rotatable bonds is 5. The summed E-state index contributed by atoms with van der Waals surface area (Å²) in [5.74, 6) is 0.811. The van der Waals surface area contributed by atoms with Gasteiger partial charge in [-0.2, -0.15) is 4.31 Å². The van der Waals surface area contributed by atoms with Crippen LogP contribution in [0.15, 0.2) is 48.5 Å². The van der Waals surface area contributed by atoms with Crippen molar-refractivity contribution >= 4 is 10.0 Å². The highest BCUT2D eigenvalue weighted by atomic mass is 32.2. The van der Waals surface area contributed by atoms with Crippen molar-refractivity contribution in [3.8, 4) is 5.75 Å². The first kappa shape index (κ1) is 36.1. The van der Waals surface area contributed by atoms with E-state index in [1.54, 1.807) is 0 Å². The van der Waals surface area contributed by atoms with Gasteiger partial charge in [-0.1, -0.05) is 83.5 Å². The number of piperazine rings is 1. The lowest BCUT2D eigenvalue weighted by Crippen LogP contribution is -2.43. The van der Waals surface area contributed by atoms with Crippen molar-refractivity contribution in [1.82, 2.24) is 14.1 Å². The molecule has 2 saturated heterocycles. The summed E-state index contributed by atoms with van der Waals surface area (Å²) in [6, 6.07) is 16.7. The SMILES string of the molecule is CC.CC.CC.Cc1ccc(CN2CCN(C)CC2)cc1.Cc1cccc(OC2CCN(S(C)(=O)=O)C2)c1. The van der Waals surface area contributed by atoms with Crippen LogP contribution < -0.4 is 4.74 Å². The number of ether oxygens (including phenoxy) is 1. The standard InChI is InChI=1S/C13H20N2.C12H17NO3S.3C2H6/c1-12-3-5-13(6-4-12)11-15-9-7-14(2)8-10-15;1-10-4-3-5-11(8-10)16-12-6-7-13(9-12)17(2,14)15;3*1-2/h3-6H,7-11H2,1-2H3;3-5,8,12H,6-7,9H2,1-2H3;3*1-2H3. The molecule has 2 aliphatic rings. The molecule has 4 rings (SSSR count). The Morgan fingerprint density at radius 3 is 1.89 bits per heavy atom. The molecule has 6 nitrogen and oxygen atoms in total. The van der Waals surface area contributed by atoms with Crippen LogP contribution in [-0.4, -0.2) is 81.2 Å². The molecule has 2 aromatic rings. The molecule has 2 heterocycles. The lowest BCUT2D eigenvalue weighted by atomic mass is 10.1. The van der Waals surface area contributed by atoms with Gasteiger partial charge in [0.1, 0.15) is 11.9 Å².